The van der Waals surface area contributed by atoms with Crippen LogP contribution in [-0.4, -0.2) is 18.0 Å². The molecule has 8 heteroatoms. The minimum Gasteiger partial charge on any atom is -0.495 e. The highest BCUT2D eigenvalue weighted by atomic mass is 35.5. The topological polar surface area (TPSA) is 64.4 Å². The third-order valence-electron chi connectivity index (χ3n) is 6.22. The standard InChI is InChI=1S/C29H17Cl3N2O3/c1-36-26-13-18-16-7-3-5-9-24(16)37-25(18)14-23(26)34-29(35)19-12-22(33-21-8-4-2-6-15(19)21)17-10-11-20(30)28(32)27(17)31/h2-14H,1H3,(H,34,35). The van der Waals surface area contributed by atoms with Crippen molar-refractivity contribution in [3.05, 3.63) is 99.5 Å². The predicted molar refractivity (Wildman–Crippen MR) is 150 cm³/mol. The number of anilines is 1. The molecule has 0 spiro atoms. The number of nitrogens with zero attached hydrogens (tertiary/aromatic N) is 1. The zero-order valence-electron chi connectivity index (χ0n) is 19.3. The van der Waals surface area contributed by atoms with Gasteiger partial charge in [-0.15, -0.1) is 0 Å². The molecule has 0 atom stereocenters. The van der Waals surface area contributed by atoms with Gasteiger partial charge in [0, 0.05) is 27.8 Å². The zero-order chi connectivity index (χ0) is 25.7. The van der Waals surface area contributed by atoms with E-state index in [-0.39, 0.29) is 16.0 Å². The molecule has 0 aliphatic carbocycles. The molecule has 0 unspecified atom stereocenters. The summed E-state index contributed by atoms with van der Waals surface area (Å²) in [6.07, 6.45) is 0. The molecule has 5 nitrogen and oxygen atoms in total. The summed E-state index contributed by atoms with van der Waals surface area (Å²) in [5.41, 5.74) is 3.98. The van der Waals surface area contributed by atoms with E-state index in [1.54, 1.807) is 31.4 Å². The number of carbonyl (C=O) groups is 1. The lowest BCUT2D eigenvalue weighted by Gasteiger charge is -2.14. The molecule has 6 rings (SSSR count). The minimum atomic E-state index is -0.343. The molecule has 1 N–H and O–H groups in total. The Morgan fingerprint density at radius 1 is 0.838 bits per heavy atom. The average molecular weight is 548 g/mol. The maximum Gasteiger partial charge on any atom is 0.256 e. The molecular formula is C29H17Cl3N2O3. The van der Waals surface area contributed by atoms with Gasteiger partial charge < -0.3 is 14.5 Å². The molecule has 0 saturated heterocycles. The number of benzene rings is 4. The van der Waals surface area contributed by atoms with E-state index in [2.05, 4.69) is 5.32 Å². The maximum absolute atomic E-state index is 13.7. The van der Waals surface area contributed by atoms with Crippen LogP contribution in [0.4, 0.5) is 5.69 Å². The van der Waals surface area contributed by atoms with Gasteiger partial charge in [0.1, 0.15) is 16.9 Å². The Kier molecular flexibility index (Phi) is 5.92. The monoisotopic (exact) mass is 546 g/mol. The van der Waals surface area contributed by atoms with E-state index in [1.807, 2.05) is 54.6 Å². The van der Waals surface area contributed by atoms with Crippen LogP contribution < -0.4 is 10.1 Å². The van der Waals surface area contributed by atoms with Crippen LogP contribution in [0.3, 0.4) is 0 Å². The number of hydrogen-bond acceptors (Lipinski definition) is 4. The molecule has 0 saturated carbocycles. The van der Waals surface area contributed by atoms with Crippen LogP contribution >= 0.6 is 34.8 Å². The molecule has 2 heterocycles. The molecule has 0 aliphatic heterocycles. The van der Waals surface area contributed by atoms with Crippen molar-refractivity contribution in [2.24, 2.45) is 0 Å². The van der Waals surface area contributed by atoms with E-state index in [9.17, 15) is 4.79 Å². The first-order valence-corrected chi connectivity index (χ1v) is 12.4. The third kappa shape index (κ3) is 4.05. The lowest BCUT2D eigenvalue weighted by molar-refractivity contribution is 0.102. The predicted octanol–water partition coefficient (Wildman–Crippen LogP) is 9.02. The van der Waals surface area contributed by atoms with Crippen molar-refractivity contribution in [3.63, 3.8) is 0 Å². The van der Waals surface area contributed by atoms with Gasteiger partial charge in [-0.2, -0.15) is 0 Å². The van der Waals surface area contributed by atoms with Gasteiger partial charge in [0.15, 0.2) is 0 Å². The molecule has 2 aromatic heterocycles. The highest BCUT2D eigenvalue weighted by molar-refractivity contribution is 6.49. The second-order valence-corrected chi connectivity index (χ2v) is 9.56. The van der Waals surface area contributed by atoms with E-state index in [0.717, 1.165) is 16.4 Å². The SMILES string of the molecule is COc1cc2c(cc1NC(=O)c1cc(-c3ccc(Cl)c(Cl)c3Cl)nc3ccccc13)oc1ccccc12. The first-order valence-electron chi connectivity index (χ1n) is 11.3. The van der Waals surface area contributed by atoms with E-state index < -0.39 is 0 Å². The van der Waals surface area contributed by atoms with Crippen LogP contribution in [0.15, 0.2) is 83.3 Å². The van der Waals surface area contributed by atoms with E-state index in [0.29, 0.717) is 49.8 Å². The summed E-state index contributed by atoms with van der Waals surface area (Å²) < 4.78 is 11.6. The lowest BCUT2D eigenvalue weighted by Crippen LogP contribution is -2.14. The highest BCUT2D eigenvalue weighted by Crippen LogP contribution is 2.39. The minimum absolute atomic E-state index is 0.227. The molecule has 0 fully saturated rings. The molecular weight excluding hydrogens is 531 g/mol. The zero-order valence-corrected chi connectivity index (χ0v) is 21.6. The molecule has 182 valence electrons. The Balaban J connectivity index is 1.47. The van der Waals surface area contributed by atoms with Gasteiger partial charge in [-0.25, -0.2) is 4.98 Å². The Labute approximate surface area is 226 Å². The van der Waals surface area contributed by atoms with Crippen LogP contribution in [0.2, 0.25) is 15.1 Å². The Hall–Kier alpha value is -3.77. The number of hydrogen-bond donors (Lipinski definition) is 1. The van der Waals surface area contributed by atoms with Gasteiger partial charge >= 0.3 is 0 Å². The van der Waals surface area contributed by atoms with Gasteiger partial charge in [0.05, 0.1) is 44.6 Å². The normalized spacial score (nSPS) is 11.4. The fourth-order valence-corrected chi connectivity index (χ4v) is 5.06. The average Bonchev–Trinajstić information content (AvgIpc) is 3.28. The van der Waals surface area contributed by atoms with Crippen molar-refractivity contribution >= 4 is 79.2 Å². The van der Waals surface area contributed by atoms with Crippen molar-refractivity contribution in [2.45, 2.75) is 0 Å². The lowest BCUT2D eigenvalue weighted by atomic mass is 10.0. The fourth-order valence-electron chi connectivity index (χ4n) is 4.43. The summed E-state index contributed by atoms with van der Waals surface area (Å²) in [4.78, 5) is 18.4. The first-order chi connectivity index (χ1) is 17.9. The Bertz CT molecular complexity index is 1860. The van der Waals surface area contributed by atoms with E-state index >= 15 is 0 Å². The summed E-state index contributed by atoms with van der Waals surface area (Å²) in [5, 5.41) is 6.37. The largest absolute Gasteiger partial charge is 0.495 e. The number of furan rings is 1. The number of halogens is 3. The molecule has 0 radical (unpaired) electrons. The van der Waals surface area contributed by atoms with Crippen molar-refractivity contribution in [3.8, 4) is 17.0 Å². The number of fused-ring (bicyclic) bond motifs is 4. The fraction of sp³-hybridized carbons (Fsp3) is 0.0345. The summed E-state index contributed by atoms with van der Waals surface area (Å²) in [5.74, 6) is 0.170. The van der Waals surface area contributed by atoms with Crippen LogP contribution in [0.5, 0.6) is 5.75 Å². The smallest absolute Gasteiger partial charge is 0.256 e. The van der Waals surface area contributed by atoms with Gasteiger partial charge in [-0.05, 0) is 36.4 Å². The molecule has 1 amide bonds. The number of methoxy groups -OCH3 is 1. The van der Waals surface area contributed by atoms with Crippen molar-refractivity contribution in [1.29, 1.82) is 0 Å². The maximum atomic E-state index is 13.7. The Morgan fingerprint density at radius 2 is 1.59 bits per heavy atom. The number of pyridine rings is 1. The van der Waals surface area contributed by atoms with E-state index in [4.69, 9.17) is 48.9 Å². The van der Waals surface area contributed by atoms with Gasteiger partial charge in [-0.1, -0.05) is 71.2 Å². The summed E-state index contributed by atoms with van der Waals surface area (Å²) in [6, 6.07) is 23.8. The third-order valence-corrected chi connectivity index (χ3v) is 7.51. The highest BCUT2D eigenvalue weighted by Gasteiger charge is 2.20. The molecule has 37 heavy (non-hydrogen) atoms. The number of ether oxygens (including phenoxy) is 1. The number of rotatable bonds is 4. The van der Waals surface area contributed by atoms with Crippen LogP contribution in [0.1, 0.15) is 10.4 Å². The molecule has 0 bridgehead atoms. The van der Waals surface area contributed by atoms with Crippen LogP contribution in [0.25, 0.3) is 44.1 Å². The second-order valence-electron chi connectivity index (χ2n) is 8.40. The summed E-state index contributed by atoms with van der Waals surface area (Å²) in [7, 11) is 1.56. The number of para-hydroxylation sites is 2. The number of carbonyl (C=O) groups excluding carboxylic acids is 1. The van der Waals surface area contributed by atoms with Crippen LogP contribution in [-0.2, 0) is 0 Å². The van der Waals surface area contributed by atoms with Crippen molar-refractivity contribution < 1.29 is 13.9 Å². The van der Waals surface area contributed by atoms with E-state index in [1.165, 1.54) is 0 Å². The van der Waals surface area contributed by atoms with Crippen molar-refractivity contribution in [2.75, 3.05) is 12.4 Å². The van der Waals surface area contributed by atoms with Crippen LogP contribution in [0, 0.1) is 0 Å². The number of nitrogens with one attached hydrogen (secondary N) is 1. The molecule has 0 aliphatic rings. The van der Waals surface area contributed by atoms with Gasteiger partial charge in [0.2, 0.25) is 0 Å². The molecule has 6 aromatic rings. The van der Waals surface area contributed by atoms with Gasteiger partial charge in [-0.3, -0.25) is 4.79 Å². The van der Waals surface area contributed by atoms with Crippen molar-refractivity contribution in [1.82, 2.24) is 4.98 Å². The quantitative estimate of drug-likeness (QED) is 0.224. The summed E-state index contributed by atoms with van der Waals surface area (Å²) in [6.45, 7) is 0. The van der Waals surface area contributed by atoms with Gasteiger partial charge in [0.25, 0.3) is 5.91 Å². The summed E-state index contributed by atoms with van der Waals surface area (Å²) >= 11 is 18.9. The second kappa shape index (κ2) is 9.27. The molecule has 4 aromatic carbocycles. The Morgan fingerprint density at radius 3 is 2.41 bits per heavy atom. The number of aromatic nitrogens is 1. The first kappa shape index (κ1) is 23.6. The number of amides is 1.